The molecule has 6 rings (SSSR count). The molecule has 11 heteroatoms. The predicted molar refractivity (Wildman–Crippen MR) is 167 cm³/mol. The number of hydrogen-bond acceptors (Lipinski definition) is 8. The van der Waals surface area contributed by atoms with Crippen molar-refractivity contribution in [3.63, 3.8) is 0 Å². The van der Waals surface area contributed by atoms with Gasteiger partial charge in [-0.1, -0.05) is 32.9 Å². The van der Waals surface area contributed by atoms with Crippen molar-refractivity contribution in [2.24, 2.45) is 5.41 Å². The summed E-state index contributed by atoms with van der Waals surface area (Å²) >= 11 is 0. The van der Waals surface area contributed by atoms with Crippen LogP contribution in [0.2, 0.25) is 0 Å². The molecule has 2 aliphatic rings. The zero-order valence-electron chi connectivity index (χ0n) is 24.6. The molecule has 218 valence electrons. The van der Waals surface area contributed by atoms with E-state index in [-0.39, 0.29) is 11.2 Å². The minimum absolute atomic E-state index is 0.0515. The molecule has 3 heterocycles. The van der Waals surface area contributed by atoms with Crippen molar-refractivity contribution >= 4 is 30.1 Å². The van der Waals surface area contributed by atoms with E-state index in [1.807, 2.05) is 26.2 Å². The van der Waals surface area contributed by atoms with Crippen molar-refractivity contribution in [3.05, 3.63) is 95.7 Å². The van der Waals surface area contributed by atoms with E-state index in [1.165, 1.54) is 24.4 Å². The second-order valence-electron chi connectivity index (χ2n) is 12.5. The predicted octanol–water partition coefficient (Wildman–Crippen LogP) is 5.13. The molecule has 0 amide bonds. The van der Waals surface area contributed by atoms with Crippen LogP contribution in [0, 0.1) is 28.5 Å². The Morgan fingerprint density at radius 2 is 1.84 bits per heavy atom. The molecule has 0 saturated heterocycles. The highest BCUT2D eigenvalue weighted by atomic mass is 19.1. The summed E-state index contributed by atoms with van der Waals surface area (Å²) < 4.78 is 27.9. The highest BCUT2D eigenvalue weighted by molar-refractivity contribution is 6.19. The van der Waals surface area contributed by atoms with Crippen LogP contribution in [0.3, 0.4) is 0 Å². The van der Waals surface area contributed by atoms with Crippen molar-refractivity contribution in [2.45, 2.75) is 45.1 Å². The molecule has 1 atom stereocenters. The Morgan fingerprint density at radius 3 is 2.49 bits per heavy atom. The number of benzene rings is 2. The number of hydrogen-bond donors (Lipinski definition) is 4. The average molecular weight is 578 g/mol. The molecule has 2 aromatic heterocycles. The summed E-state index contributed by atoms with van der Waals surface area (Å²) in [6.45, 7) is 6.98. The molecule has 0 spiro atoms. The number of rotatable bonds is 8. The standard InChI is InChI=1S/C32H33BF2N8/c1-31(2,3)18-39-29-20(14-36)16-38-30-25(19-4-11-28(35)37-15-19)12-23(13-26(29)30)40-32(33,21-5-7-22(34)8-6-21)27-17-43(42-41-27)24-9-10-24/h4-8,11-13,15-17,24,40-42H,9-10,18,33H2,1-3H3,(H,38,39). The van der Waals surface area contributed by atoms with Crippen molar-refractivity contribution in [1.82, 2.24) is 25.9 Å². The lowest BCUT2D eigenvalue weighted by Crippen LogP contribution is -2.45. The fourth-order valence-electron chi connectivity index (χ4n) is 5.26. The number of nitrogens with zero attached hydrogens (tertiary/aromatic N) is 4. The Bertz CT molecular complexity index is 1740. The van der Waals surface area contributed by atoms with Crippen molar-refractivity contribution in [1.29, 1.82) is 5.26 Å². The van der Waals surface area contributed by atoms with Crippen LogP contribution in [-0.2, 0) is 5.44 Å². The monoisotopic (exact) mass is 578 g/mol. The maximum absolute atomic E-state index is 14.0. The molecule has 1 fully saturated rings. The number of halogens is 2. The molecule has 8 nitrogen and oxygen atoms in total. The van der Waals surface area contributed by atoms with E-state index in [1.54, 1.807) is 24.4 Å². The summed E-state index contributed by atoms with van der Waals surface area (Å²) in [6, 6.07) is 16.0. The van der Waals surface area contributed by atoms with Crippen LogP contribution in [0.5, 0.6) is 0 Å². The Morgan fingerprint density at radius 1 is 1.07 bits per heavy atom. The maximum Gasteiger partial charge on any atom is 0.212 e. The number of fused-ring (bicyclic) bond motifs is 1. The van der Waals surface area contributed by atoms with Crippen LogP contribution in [0.1, 0.15) is 44.7 Å². The van der Waals surface area contributed by atoms with Crippen LogP contribution < -0.4 is 21.6 Å². The largest absolute Gasteiger partial charge is 0.383 e. The van der Waals surface area contributed by atoms with Crippen LogP contribution in [-0.4, -0.2) is 35.4 Å². The third kappa shape index (κ3) is 5.83. The van der Waals surface area contributed by atoms with Gasteiger partial charge in [0.2, 0.25) is 5.95 Å². The smallest absolute Gasteiger partial charge is 0.212 e. The van der Waals surface area contributed by atoms with Gasteiger partial charge in [0.1, 0.15) is 19.7 Å². The molecule has 43 heavy (non-hydrogen) atoms. The Labute approximate surface area is 250 Å². The zero-order chi connectivity index (χ0) is 30.4. The summed E-state index contributed by atoms with van der Waals surface area (Å²) in [5.41, 5.74) is 11.3. The van der Waals surface area contributed by atoms with Gasteiger partial charge in [0.05, 0.1) is 27.9 Å². The maximum atomic E-state index is 14.0. The lowest BCUT2D eigenvalue weighted by atomic mass is 9.69. The van der Waals surface area contributed by atoms with Crippen LogP contribution >= 0.6 is 0 Å². The van der Waals surface area contributed by atoms with Crippen LogP contribution in [0.15, 0.2) is 72.8 Å². The zero-order valence-corrected chi connectivity index (χ0v) is 24.6. The van der Waals surface area contributed by atoms with Crippen molar-refractivity contribution < 1.29 is 8.78 Å². The number of anilines is 2. The first-order chi connectivity index (χ1) is 20.5. The normalized spacial score (nSPS) is 16.3. The molecule has 4 N–H and O–H groups in total. The lowest BCUT2D eigenvalue weighted by Gasteiger charge is -2.34. The number of hydrazine groups is 2. The first-order valence-electron chi connectivity index (χ1n) is 14.3. The number of pyridine rings is 2. The molecule has 1 aliphatic heterocycles. The molecule has 0 bridgehead atoms. The van der Waals surface area contributed by atoms with E-state index in [2.05, 4.69) is 63.4 Å². The summed E-state index contributed by atoms with van der Waals surface area (Å²) in [6.07, 6.45) is 7.31. The van der Waals surface area contributed by atoms with Gasteiger partial charge in [-0.25, -0.2) is 9.37 Å². The minimum Gasteiger partial charge on any atom is -0.383 e. The Balaban J connectivity index is 1.54. The third-order valence-corrected chi connectivity index (χ3v) is 7.81. The summed E-state index contributed by atoms with van der Waals surface area (Å²) in [5, 5.41) is 20.0. The summed E-state index contributed by atoms with van der Waals surface area (Å²) in [7, 11) is 2.03. The van der Waals surface area contributed by atoms with Gasteiger partial charge in [-0.2, -0.15) is 9.65 Å². The average Bonchev–Trinajstić information content (AvgIpc) is 3.71. The highest BCUT2D eigenvalue weighted by Crippen LogP contribution is 2.39. The minimum atomic E-state index is -0.824. The van der Waals surface area contributed by atoms with E-state index in [0.717, 1.165) is 40.7 Å². The van der Waals surface area contributed by atoms with Gasteiger partial charge in [-0.3, -0.25) is 9.99 Å². The fourth-order valence-corrected chi connectivity index (χ4v) is 5.26. The topological polar surface area (TPSA) is 101 Å². The van der Waals surface area contributed by atoms with Gasteiger partial charge < -0.3 is 16.1 Å². The first-order valence-corrected chi connectivity index (χ1v) is 14.3. The number of nitrogens with one attached hydrogen (secondary N) is 4. The van der Waals surface area contributed by atoms with E-state index >= 15 is 0 Å². The van der Waals surface area contributed by atoms with E-state index < -0.39 is 11.4 Å². The molecule has 0 radical (unpaired) electrons. The van der Waals surface area contributed by atoms with Gasteiger partial charge in [-0.15, -0.1) is 5.53 Å². The Kier molecular flexibility index (Phi) is 7.18. The molecule has 4 aromatic rings. The third-order valence-electron chi connectivity index (χ3n) is 7.81. The van der Waals surface area contributed by atoms with Crippen molar-refractivity contribution in [2.75, 3.05) is 17.2 Å². The van der Waals surface area contributed by atoms with Crippen LogP contribution in [0.25, 0.3) is 22.0 Å². The molecule has 1 aliphatic carbocycles. The van der Waals surface area contributed by atoms with E-state index in [0.29, 0.717) is 34.9 Å². The molecule has 2 aromatic carbocycles. The van der Waals surface area contributed by atoms with Gasteiger partial charge in [0, 0.05) is 53.4 Å². The van der Waals surface area contributed by atoms with Gasteiger partial charge in [0.15, 0.2) is 0 Å². The molecule has 1 unspecified atom stereocenters. The lowest BCUT2D eigenvalue weighted by molar-refractivity contribution is 0.260. The fraction of sp³-hybridized carbons (Fsp3) is 0.281. The highest BCUT2D eigenvalue weighted by Gasteiger charge is 2.38. The van der Waals surface area contributed by atoms with Gasteiger partial charge >= 0.3 is 0 Å². The second-order valence-corrected chi connectivity index (χ2v) is 12.5. The number of aromatic nitrogens is 2. The second kappa shape index (κ2) is 10.9. The van der Waals surface area contributed by atoms with Gasteiger partial charge in [-0.05, 0) is 60.2 Å². The quantitative estimate of drug-likeness (QED) is 0.169. The summed E-state index contributed by atoms with van der Waals surface area (Å²) in [4.78, 5) is 8.57. The van der Waals surface area contributed by atoms with E-state index in [9.17, 15) is 14.0 Å². The molecular weight excluding hydrogens is 545 g/mol. The van der Waals surface area contributed by atoms with Crippen molar-refractivity contribution in [3.8, 4) is 17.2 Å². The Hall–Kier alpha value is -4.69. The summed E-state index contributed by atoms with van der Waals surface area (Å²) in [5.74, 6) is -0.899. The SMILES string of the molecule is BC(Nc1cc(-c2ccc(F)nc2)c2ncc(C#N)c(NCC(C)(C)C)c2c1)(C1=CN(C2CC2)NN1)c1ccc(F)cc1. The number of nitriles is 1. The van der Waals surface area contributed by atoms with Gasteiger partial charge in [0.25, 0.3) is 0 Å². The van der Waals surface area contributed by atoms with Crippen LogP contribution in [0.4, 0.5) is 20.2 Å². The molecule has 1 saturated carbocycles. The van der Waals surface area contributed by atoms with E-state index in [4.69, 9.17) is 0 Å². The molecular formula is C32H33BF2N8. The first kappa shape index (κ1) is 28.4.